The standard InChI is InChI=1S/C12H13FN2O4/c1-19-12(16)10-3-2-6-14(10)9-5-4-8(13)7-11(9)15(17)18/h4-5,7,10H,2-3,6H2,1H3. The number of nitro benzene ring substituents is 1. The number of anilines is 1. The summed E-state index contributed by atoms with van der Waals surface area (Å²) in [7, 11) is 1.28. The van der Waals surface area contributed by atoms with Crippen molar-refractivity contribution in [2.24, 2.45) is 0 Å². The van der Waals surface area contributed by atoms with Crippen LogP contribution in [0.1, 0.15) is 12.8 Å². The molecule has 1 aliphatic heterocycles. The predicted octanol–water partition coefficient (Wildman–Crippen LogP) is 1.88. The van der Waals surface area contributed by atoms with E-state index in [2.05, 4.69) is 4.74 Å². The highest BCUT2D eigenvalue weighted by Crippen LogP contribution is 2.34. The number of benzene rings is 1. The number of carbonyl (C=O) groups is 1. The average Bonchev–Trinajstić information content (AvgIpc) is 2.86. The molecule has 1 aromatic rings. The zero-order chi connectivity index (χ0) is 14.0. The fourth-order valence-electron chi connectivity index (χ4n) is 2.32. The minimum absolute atomic E-state index is 0.249. The van der Waals surface area contributed by atoms with Gasteiger partial charge in [-0.3, -0.25) is 10.1 Å². The van der Waals surface area contributed by atoms with Crippen LogP contribution in [-0.4, -0.2) is 30.6 Å². The van der Waals surface area contributed by atoms with Crippen LogP contribution in [0.4, 0.5) is 15.8 Å². The Labute approximate surface area is 108 Å². The minimum atomic E-state index is -0.677. The first kappa shape index (κ1) is 13.3. The Balaban J connectivity index is 2.40. The number of carbonyl (C=O) groups excluding carboxylic acids is 1. The molecular weight excluding hydrogens is 255 g/mol. The topological polar surface area (TPSA) is 72.7 Å². The number of halogens is 1. The van der Waals surface area contributed by atoms with Gasteiger partial charge < -0.3 is 9.64 Å². The Morgan fingerprint density at radius 1 is 1.58 bits per heavy atom. The Bertz CT molecular complexity index is 520. The molecule has 1 aromatic carbocycles. The summed E-state index contributed by atoms with van der Waals surface area (Å²) >= 11 is 0. The number of nitro groups is 1. The van der Waals surface area contributed by atoms with Crippen molar-refractivity contribution >= 4 is 17.3 Å². The van der Waals surface area contributed by atoms with Gasteiger partial charge in [-0.15, -0.1) is 0 Å². The minimum Gasteiger partial charge on any atom is -0.467 e. The first-order valence-electron chi connectivity index (χ1n) is 5.83. The Hall–Kier alpha value is -2.18. The molecule has 1 fully saturated rings. The van der Waals surface area contributed by atoms with Gasteiger partial charge in [0.25, 0.3) is 5.69 Å². The van der Waals surface area contributed by atoms with Gasteiger partial charge in [-0.05, 0) is 25.0 Å². The zero-order valence-corrected chi connectivity index (χ0v) is 10.3. The Morgan fingerprint density at radius 3 is 2.95 bits per heavy atom. The molecule has 7 heteroatoms. The molecule has 0 amide bonds. The van der Waals surface area contributed by atoms with Gasteiger partial charge in [0.2, 0.25) is 0 Å². The van der Waals surface area contributed by atoms with E-state index in [1.165, 1.54) is 13.2 Å². The summed E-state index contributed by atoms with van der Waals surface area (Å²) in [5, 5.41) is 11.0. The SMILES string of the molecule is COC(=O)C1CCCN1c1ccc(F)cc1[N+](=O)[O-]. The van der Waals surface area contributed by atoms with Gasteiger partial charge in [0.1, 0.15) is 17.5 Å². The molecular formula is C12H13FN2O4. The summed E-state index contributed by atoms with van der Waals surface area (Å²) in [4.78, 5) is 23.6. The summed E-state index contributed by atoms with van der Waals surface area (Å²) in [6, 6.07) is 2.79. The normalized spacial score (nSPS) is 18.4. The largest absolute Gasteiger partial charge is 0.467 e. The van der Waals surface area contributed by atoms with Crippen LogP contribution in [0.5, 0.6) is 0 Å². The highest BCUT2D eigenvalue weighted by molar-refractivity contribution is 5.82. The lowest BCUT2D eigenvalue weighted by Gasteiger charge is -2.24. The number of esters is 1. The highest BCUT2D eigenvalue weighted by atomic mass is 19.1. The van der Waals surface area contributed by atoms with Crippen LogP contribution in [0.15, 0.2) is 18.2 Å². The maximum Gasteiger partial charge on any atom is 0.328 e. The second-order valence-electron chi connectivity index (χ2n) is 4.26. The first-order chi connectivity index (χ1) is 9.04. The first-order valence-corrected chi connectivity index (χ1v) is 5.83. The van der Waals surface area contributed by atoms with Crippen molar-refractivity contribution in [3.8, 4) is 0 Å². The molecule has 1 atom stereocenters. The summed E-state index contributed by atoms with van der Waals surface area (Å²) in [5.41, 5.74) is -0.0879. The molecule has 0 aromatic heterocycles. The number of nitrogens with zero attached hydrogens (tertiary/aromatic N) is 2. The lowest BCUT2D eigenvalue weighted by atomic mass is 10.2. The Morgan fingerprint density at radius 2 is 2.32 bits per heavy atom. The molecule has 6 nitrogen and oxygen atoms in total. The molecule has 0 aliphatic carbocycles. The third kappa shape index (κ3) is 2.49. The fraction of sp³-hybridized carbons (Fsp3) is 0.417. The summed E-state index contributed by atoms with van der Waals surface area (Å²) in [6.07, 6.45) is 1.30. The van der Waals surface area contributed by atoms with Crippen molar-refractivity contribution in [1.29, 1.82) is 0 Å². The molecule has 0 saturated carbocycles. The highest BCUT2D eigenvalue weighted by Gasteiger charge is 2.35. The van der Waals surface area contributed by atoms with E-state index >= 15 is 0 Å². The van der Waals surface area contributed by atoms with E-state index in [-0.39, 0.29) is 11.4 Å². The molecule has 1 heterocycles. The van der Waals surface area contributed by atoms with Crippen molar-refractivity contribution in [3.63, 3.8) is 0 Å². The van der Waals surface area contributed by atoms with Crippen LogP contribution in [0.3, 0.4) is 0 Å². The van der Waals surface area contributed by atoms with Gasteiger partial charge in [0, 0.05) is 6.54 Å². The Kier molecular flexibility index (Phi) is 3.64. The number of hydrogen-bond donors (Lipinski definition) is 0. The van der Waals surface area contributed by atoms with Gasteiger partial charge in [-0.1, -0.05) is 0 Å². The van der Waals surface area contributed by atoms with E-state index in [1.54, 1.807) is 4.90 Å². The number of rotatable bonds is 3. The smallest absolute Gasteiger partial charge is 0.328 e. The van der Waals surface area contributed by atoms with E-state index in [0.29, 0.717) is 13.0 Å². The van der Waals surface area contributed by atoms with Crippen molar-refractivity contribution in [2.75, 3.05) is 18.6 Å². The van der Waals surface area contributed by atoms with Crippen LogP contribution < -0.4 is 4.90 Å². The van der Waals surface area contributed by atoms with Crippen LogP contribution in [0.25, 0.3) is 0 Å². The molecule has 19 heavy (non-hydrogen) atoms. The number of ether oxygens (including phenoxy) is 1. The summed E-state index contributed by atoms with van der Waals surface area (Å²) in [6.45, 7) is 0.506. The molecule has 1 saturated heterocycles. The molecule has 0 spiro atoms. The van der Waals surface area contributed by atoms with Crippen LogP contribution in [-0.2, 0) is 9.53 Å². The molecule has 0 radical (unpaired) electrons. The molecule has 1 aliphatic rings. The number of hydrogen-bond acceptors (Lipinski definition) is 5. The van der Waals surface area contributed by atoms with E-state index in [4.69, 9.17) is 0 Å². The van der Waals surface area contributed by atoms with Gasteiger partial charge in [0.05, 0.1) is 18.1 Å². The van der Waals surface area contributed by atoms with Crippen molar-refractivity contribution in [2.45, 2.75) is 18.9 Å². The van der Waals surface area contributed by atoms with Crippen LogP contribution in [0, 0.1) is 15.9 Å². The lowest BCUT2D eigenvalue weighted by Crippen LogP contribution is -2.37. The molecule has 0 bridgehead atoms. The van der Waals surface area contributed by atoms with Crippen LogP contribution >= 0.6 is 0 Å². The van der Waals surface area contributed by atoms with E-state index in [9.17, 15) is 19.3 Å². The number of methoxy groups -OCH3 is 1. The van der Waals surface area contributed by atoms with Gasteiger partial charge in [-0.25, -0.2) is 9.18 Å². The van der Waals surface area contributed by atoms with Crippen molar-refractivity contribution in [3.05, 3.63) is 34.1 Å². The quantitative estimate of drug-likeness (QED) is 0.475. The third-order valence-electron chi connectivity index (χ3n) is 3.17. The molecule has 102 valence electrons. The predicted molar refractivity (Wildman–Crippen MR) is 65.4 cm³/mol. The second-order valence-corrected chi connectivity index (χ2v) is 4.26. The van der Waals surface area contributed by atoms with E-state index in [0.717, 1.165) is 18.6 Å². The van der Waals surface area contributed by atoms with Crippen molar-refractivity contribution in [1.82, 2.24) is 0 Å². The molecule has 0 N–H and O–H groups in total. The van der Waals surface area contributed by atoms with E-state index in [1.807, 2.05) is 0 Å². The summed E-state index contributed by atoms with van der Waals surface area (Å²) in [5.74, 6) is -1.11. The average molecular weight is 268 g/mol. The maximum atomic E-state index is 13.1. The van der Waals surface area contributed by atoms with Gasteiger partial charge in [0.15, 0.2) is 0 Å². The lowest BCUT2D eigenvalue weighted by molar-refractivity contribution is -0.384. The monoisotopic (exact) mass is 268 g/mol. The zero-order valence-electron chi connectivity index (χ0n) is 10.3. The van der Waals surface area contributed by atoms with Crippen LogP contribution in [0.2, 0.25) is 0 Å². The third-order valence-corrected chi connectivity index (χ3v) is 3.17. The molecule has 1 unspecified atom stereocenters. The molecule has 2 rings (SSSR count). The fourth-order valence-corrected chi connectivity index (χ4v) is 2.32. The summed E-state index contributed by atoms with van der Waals surface area (Å²) < 4.78 is 17.8. The van der Waals surface area contributed by atoms with Crippen molar-refractivity contribution < 1.29 is 18.8 Å². The van der Waals surface area contributed by atoms with E-state index < -0.39 is 22.8 Å². The van der Waals surface area contributed by atoms with Gasteiger partial charge in [-0.2, -0.15) is 0 Å². The maximum absolute atomic E-state index is 13.1. The second kappa shape index (κ2) is 5.21. The van der Waals surface area contributed by atoms with Gasteiger partial charge >= 0.3 is 5.97 Å².